The summed E-state index contributed by atoms with van der Waals surface area (Å²) in [6.45, 7) is 13.8. The molecule has 1 aromatic rings. The number of hydrogen-bond acceptors (Lipinski definition) is 4. The van der Waals surface area contributed by atoms with Crippen LogP contribution in [0, 0.1) is 33.5 Å². The van der Waals surface area contributed by atoms with Gasteiger partial charge in [-0.1, -0.05) is 47.6 Å². The summed E-state index contributed by atoms with van der Waals surface area (Å²) in [6, 6.07) is 6.88. The first-order valence-electron chi connectivity index (χ1n) is 12.4. The zero-order valence-electron chi connectivity index (χ0n) is 20.5. The van der Waals surface area contributed by atoms with E-state index in [1.165, 1.54) is 12.8 Å². The van der Waals surface area contributed by atoms with Gasteiger partial charge in [-0.15, -0.1) is 0 Å². The monoisotopic (exact) mass is 438 g/mol. The highest BCUT2D eigenvalue weighted by Crippen LogP contribution is 2.67. The summed E-state index contributed by atoms with van der Waals surface area (Å²) >= 11 is 0. The topological polar surface area (TPSA) is 52.6 Å². The third-order valence-corrected chi connectivity index (χ3v) is 11.3. The molecule has 4 nitrogen and oxygen atoms in total. The first-order chi connectivity index (χ1) is 14.9. The zero-order valence-corrected chi connectivity index (χ0v) is 20.5. The van der Waals surface area contributed by atoms with Crippen LogP contribution in [0.1, 0.15) is 101 Å². The van der Waals surface area contributed by atoms with E-state index in [-0.39, 0.29) is 45.8 Å². The predicted octanol–water partition coefficient (Wildman–Crippen LogP) is 6.43. The number of benzene rings is 1. The fraction of sp³-hybridized carbons (Fsp3) is 0.714. The lowest BCUT2D eigenvalue weighted by Gasteiger charge is -2.38. The van der Waals surface area contributed by atoms with Crippen molar-refractivity contribution in [3.05, 3.63) is 35.4 Å². The summed E-state index contributed by atoms with van der Waals surface area (Å²) in [6.07, 6.45) is 6.40. The largest absolute Gasteiger partial charge is 0.458 e. The van der Waals surface area contributed by atoms with Crippen LogP contribution in [0.15, 0.2) is 24.3 Å². The number of rotatable bonds is 4. The molecule has 4 aliphatic carbocycles. The van der Waals surface area contributed by atoms with Gasteiger partial charge < -0.3 is 9.47 Å². The standard InChI is InChI=1S/C28H38O4/c1-25(2)19-10-12-27(25,5)21(15-19)31-23(29)17-8-7-9-18(14-17)24(30)32-22-16-20-11-13-28(22,6)26(20,3)4/h7-9,14,19-22H,10-13,15-16H2,1-6H3/t19-,20-,21?,22?,27+,28+/m0/s1. The highest BCUT2D eigenvalue weighted by atomic mass is 16.5. The molecule has 4 saturated carbocycles. The van der Waals surface area contributed by atoms with Crippen LogP contribution in [0.5, 0.6) is 0 Å². The molecule has 0 radical (unpaired) electrons. The molecule has 0 heterocycles. The van der Waals surface area contributed by atoms with E-state index in [9.17, 15) is 9.59 Å². The number of ether oxygens (including phenoxy) is 2. The van der Waals surface area contributed by atoms with E-state index in [2.05, 4.69) is 41.5 Å². The molecule has 4 aliphatic rings. The van der Waals surface area contributed by atoms with Gasteiger partial charge in [-0.05, 0) is 79.4 Å². The van der Waals surface area contributed by atoms with Crippen LogP contribution in [0.25, 0.3) is 0 Å². The normalized spacial score (nSPS) is 40.4. The van der Waals surface area contributed by atoms with Gasteiger partial charge in [-0.25, -0.2) is 9.59 Å². The first-order valence-corrected chi connectivity index (χ1v) is 12.4. The molecule has 0 aromatic heterocycles. The number of esters is 2. The predicted molar refractivity (Wildman–Crippen MR) is 123 cm³/mol. The third-order valence-electron chi connectivity index (χ3n) is 11.3. The second-order valence-corrected chi connectivity index (χ2v) is 12.6. The first kappa shape index (κ1) is 22.0. The van der Waals surface area contributed by atoms with Crippen LogP contribution in [-0.4, -0.2) is 24.1 Å². The molecule has 0 saturated heterocycles. The van der Waals surface area contributed by atoms with Crippen LogP contribution in [0.3, 0.4) is 0 Å². The molecule has 5 rings (SSSR count). The number of hydrogen-bond donors (Lipinski definition) is 0. The minimum atomic E-state index is -0.331. The van der Waals surface area contributed by atoms with E-state index >= 15 is 0 Å². The summed E-state index contributed by atoms with van der Waals surface area (Å²) in [5.41, 5.74) is 1.29. The van der Waals surface area contributed by atoms with Crippen LogP contribution in [0.4, 0.5) is 0 Å². The van der Waals surface area contributed by atoms with Crippen LogP contribution < -0.4 is 0 Å². The Morgan fingerprint density at radius 3 is 1.47 bits per heavy atom. The average Bonchev–Trinajstić information content (AvgIpc) is 3.26. The van der Waals surface area contributed by atoms with Crippen molar-refractivity contribution < 1.29 is 19.1 Å². The lowest BCUT2D eigenvalue weighted by molar-refractivity contribution is -0.0244. The van der Waals surface area contributed by atoms with Crippen molar-refractivity contribution in [1.82, 2.24) is 0 Å². The molecule has 1 aromatic carbocycles. The maximum atomic E-state index is 13.0. The van der Waals surface area contributed by atoms with Gasteiger partial charge in [0.25, 0.3) is 0 Å². The lowest BCUT2D eigenvalue weighted by Crippen LogP contribution is -2.38. The average molecular weight is 439 g/mol. The van der Waals surface area contributed by atoms with Crippen molar-refractivity contribution in [1.29, 1.82) is 0 Å². The summed E-state index contributed by atoms with van der Waals surface area (Å²) in [5, 5.41) is 0. The van der Waals surface area contributed by atoms with Crippen molar-refractivity contribution in [2.45, 2.75) is 92.3 Å². The number of carbonyl (C=O) groups is 2. The van der Waals surface area contributed by atoms with E-state index < -0.39 is 0 Å². The molecule has 4 fully saturated rings. The summed E-state index contributed by atoms with van der Waals surface area (Å²) in [4.78, 5) is 26.0. The molecule has 0 amide bonds. The molecular weight excluding hydrogens is 400 g/mol. The van der Waals surface area contributed by atoms with Crippen molar-refractivity contribution in [2.24, 2.45) is 33.5 Å². The van der Waals surface area contributed by atoms with Crippen LogP contribution in [0.2, 0.25) is 0 Å². The van der Waals surface area contributed by atoms with Gasteiger partial charge >= 0.3 is 11.9 Å². The van der Waals surface area contributed by atoms with Gasteiger partial charge in [0.1, 0.15) is 12.2 Å². The third kappa shape index (κ3) is 2.80. The van der Waals surface area contributed by atoms with Gasteiger partial charge in [0.05, 0.1) is 11.1 Å². The molecular formula is C28H38O4. The van der Waals surface area contributed by atoms with Gasteiger partial charge in [0, 0.05) is 10.8 Å². The fourth-order valence-electron chi connectivity index (χ4n) is 7.78. The van der Waals surface area contributed by atoms with Gasteiger partial charge in [-0.3, -0.25) is 0 Å². The van der Waals surface area contributed by atoms with Crippen molar-refractivity contribution in [2.75, 3.05) is 0 Å². The molecule has 0 spiro atoms. The number of fused-ring (bicyclic) bond motifs is 4. The summed E-state index contributed by atoms with van der Waals surface area (Å²) < 4.78 is 12.1. The van der Waals surface area contributed by atoms with E-state index in [1.54, 1.807) is 24.3 Å². The van der Waals surface area contributed by atoms with Gasteiger partial charge in [-0.2, -0.15) is 0 Å². The molecule has 6 atom stereocenters. The van der Waals surface area contributed by atoms with E-state index in [4.69, 9.17) is 9.47 Å². The molecule has 0 aliphatic heterocycles. The highest BCUT2D eigenvalue weighted by molar-refractivity contribution is 5.95. The smallest absolute Gasteiger partial charge is 0.338 e. The molecule has 4 heteroatoms. The highest BCUT2D eigenvalue weighted by Gasteiger charge is 2.64. The van der Waals surface area contributed by atoms with E-state index in [0.29, 0.717) is 23.0 Å². The minimum Gasteiger partial charge on any atom is -0.458 e. The molecule has 4 bridgehead atoms. The Morgan fingerprint density at radius 1 is 0.750 bits per heavy atom. The minimum absolute atomic E-state index is 0.0217. The van der Waals surface area contributed by atoms with Crippen molar-refractivity contribution >= 4 is 11.9 Å². The molecule has 0 N–H and O–H groups in total. The summed E-state index contributed by atoms with van der Waals surface area (Å²) in [7, 11) is 0. The van der Waals surface area contributed by atoms with E-state index in [1.807, 2.05) is 0 Å². The zero-order chi connectivity index (χ0) is 23.1. The van der Waals surface area contributed by atoms with Gasteiger partial charge in [0.2, 0.25) is 0 Å². The van der Waals surface area contributed by atoms with Crippen molar-refractivity contribution in [3.63, 3.8) is 0 Å². The maximum absolute atomic E-state index is 13.0. The van der Waals surface area contributed by atoms with Crippen LogP contribution in [-0.2, 0) is 9.47 Å². The quantitative estimate of drug-likeness (QED) is 0.508. The Kier molecular flexibility index (Phi) is 4.69. The Labute approximate surface area is 192 Å². The molecule has 174 valence electrons. The Morgan fingerprint density at radius 2 is 1.16 bits per heavy atom. The Hall–Kier alpha value is -1.84. The lowest BCUT2D eigenvalue weighted by atomic mass is 9.70. The molecule has 2 unspecified atom stereocenters. The fourth-order valence-corrected chi connectivity index (χ4v) is 7.78. The van der Waals surface area contributed by atoms with Gasteiger partial charge in [0.15, 0.2) is 0 Å². The SMILES string of the molecule is CC1(C)[C@H]2CC[C@]1(C)C(OC(=O)c1cccc(C(=O)OC3C[C@@H]4CC[C@@]3(C)C4(C)C)c1)C2. The second-order valence-electron chi connectivity index (χ2n) is 12.6. The van der Waals surface area contributed by atoms with E-state index in [0.717, 1.165) is 25.7 Å². The second kappa shape index (κ2) is 6.84. The van der Waals surface area contributed by atoms with Crippen molar-refractivity contribution in [3.8, 4) is 0 Å². The Bertz CT molecular complexity index is 889. The number of carbonyl (C=O) groups excluding carboxylic acids is 2. The Balaban J connectivity index is 1.28. The van der Waals surface area contributed by atoms with Crippen LogP contribution >= 0.6 is 0 Å². The molecule has 32 heavy (non-hydrogen) atoms. The summed E-state index contributed by atoms with van der Waals surface area (Å²) in [5.74, 6) is 0.558. The maximum Gasteiger partial charge on any atom is 0.338 e.